The third kappa shape index (κ3) is 5.76. The molecule has 4 N–H and O–H groups in total. The van der Waals surface area contributed by atoms with Gasteiger partial charge in [0.15, 0.2) is 0 Å². The molecule has 0 aliphatic carbocycles. The van der Waals surface area contributed by atoms with Crippen molar-refractivity contribution in [1.82, 2.24) is 15.6 Å². The van der Waals surface area contributed by atoms with E-state index in [2.05, 4.69) is 15.6 Å². The summed E-state index contributed by atoms with van der Waals surface area (Å²) in [6.45, 7) is 0.113. The highest BCUT2D eigenvalue weighted by Gasteiger charge is 2.22. The van der Waals surface area contributed by atoms with E-state index in [-0.39, 0.29) is 6.54 Å². The summed E-state index contributed by atoms with van der Waals surface area (Å²) in [6.07, 6.45) is 0.790. The molecule has 9 heteroatoms. The predicted molar refractivity (Wildman–Crippen MR) is 69.8 cm³/mol. The van der Waals surface area contributed by atoms with Crippen molar-refractivity contribution in [3.63, 3.8) is 0 Å². The topological polar surface area (TPSA) is 138 Å². The molecule has 0 saturated heterocycles. The lowest BCUT2D eigenvalue weighted by Crippen LogP contribution is -2.46. The molecule has 0 aromatic carbocycles. The predicted octanol–water partition coefficient (Wildman–Crippen LogP) is -0.183. The summed E-state index contributed by atoms with van der Waals surface area (Å²) in [4.78, 5) is 36.7. The summed E-state index contributed by atoms with van der Waals surface area (Å²) in [5, 5.41) is 21.8. The second kappa shape index (κ2) is 7.68. The Morgan fingerprint density at radius 1 is 1.33 bits per heavy atom. The SMILES string of the molecule is COc1ccc(CNC(=O)N[C@@H](CC(=O)O)C(=O)O)cn1. The van der Waals surface area contributed by atoms with Crippen molar-refractivity contribution in [1.29, 1.82) is 0 Å². The Morgan fingerprint density at radius 3 is 2.52 bits per heavy atom. The molecule has 1 atom stereocenters. The molecule has 0 bridgehead atoms. The van der Waals surface area contributed by atoms with Gasteiger partial charge in [0.25, 0.3) is 0 Å². The van der Waals surface area contributed by atoms with E-state index < -0.39 is 30.4 Å². The van der Waals surface area contributed by atoms with E-state index in [1.807, 2.05) is 0 Å². The van der Waals surface area contributed by atoms with Gasteiger partial charge in [-0.3, -0.25) is 4.79 Å². The van der Waals surface area contributed by atoms with Crippen LogP contribution in [-0.2, 0) is 16.1 Å². The zero-order valence-corrected chi connectivity index (χ0v) is 11.2. The maximum Gasteiger partial charge on any atom is 0.326 e. The highest BCUT2D eigenvalue weighted by Crippen LogP contribution is 2.06. The van der Waals surface area contributed by atoms with E-state index >= 15 is 0 Å². The molecule has 0 aliphatic heterocycles. The van der Waals surface area contributed by atoms with Gasteiger partial charge in [0.2, 0.25) is 5.88 Å². The zero-order valence-electron chi connectivity index (χ0n) is 11.2. The molecule has 9 nitrogen and oxygen atoms in total. The lowest BCUT2D eigenvalue weighted by atomic mass is 10.2. The Balaban J connectivity index is 2.48. The molecule has 0 spiro atoms. The summed E-state index contributed by atoms with van der Waals surface area (Å²) in [7, 11) is 1.47. The van der Waals surface area contributed by atoms with Crippen molar-refractivity contribution in [2.45, 2.75) is 19.0 Å². The molecule has 0 aliphatic rings. The number of nitrogens with zero attached hydrogens (tertiary/aromatic N) is 1. The number of aromatic nitrogens is 1. The highest BCUT2D eigenvalue weighted by molar-refractivity contribution is 5.86. The molecule has 0 saturated carbocycles. The van der Waals surface area contributed by atoms with Crippen LogP contribution in [0.1, 0.15) is 12.0 Å². The Bertz CT molecular complexity index is 516. The fourth-order valence-electron chi connectivity index (χ4n) is 1.40. The number of amides is 2. The monoisotopic (exact) mass is 297 g/mol. The normalized spacial score (nSPS) is 11.3. The molecule has 1 aromatic rings. The number of hydrogen-bond donors (Lipinski definition) is 4. The van der Waals surface area contributed by atoms with Crippen LogP contribution in [0, 0.1) is 0 Å². The number of methoxy groups -OCH3 is 1. The number of carboxylic acids is 2. The lowest BCUT2D eigenvalue weighted by Gasteiger charge is -2.13. The number of nitrogens with one attached hydrogen (secondary N) is 2. The number of hydrogen-bond acceptors (Lipinski definition) is 5. The third-order valence-corrected chi connectivity index (χ3v) is 2.44. The minimum absolute atomic E-state index is 0.113. The minimum atomic E-state index is -1.49. The van der Waals surface area contributed by atoms with Crippen molar-refractivity contribution in [3.05, 3.63) is 23.9 Å². The van der Waals surface area contributed by atoms with Crippen LogP contribution in [0.5, 0.6) is 5.88 Å². The van der Waals surface area contributed by atoms with E-state index in [0.29, 0.717) is 11.4 Å². The quantitative estimate of drug-likeness (QED) is 0.547. The number of rotatable bonds is 7. The number of aliphatic carboxylic acids is 2. The first-order valence-electron chi connectivity index (χ1n) is 5.90. The molecule has 1 aromatic heterocycles. The van der Waals surface area contributed by atoms with Crippen molar-refractivity contribution in [3.8, 4) is 5.88 Å². The van der Waals surface area contributed by atoms with Crippen LogP contribution in [0.25, 0.3) is 0 Å². The number of ether oxygens (including phenoxy) is 1. The van der Waals surface area contributed by atoms with Crippen LogP contribution in [0.2, 0.25) is 0 Å². The summed E-state index contributed by atoms with van der Waals surface area (Å²) >= 11 is 0. The first-order chi connectivity index (χ1) is 9.92. The maximum absolute atomic E-state index is 11.5. The van der Waals surface area contributed by atoms with Crippen molar-refractivity contribution >= 4 is 18.0 Å². The fourth-order valence-corrected chi connectivity index (χ4v) is 1.40. The molecular formula is C12H15N3O6. The summed E-state index contributed by atoms with van der Waals surface area (Å²) in [6, 6.07) is 1.02. The third-order valence-electron chi connectivity index (χ3n) is 2.44. The largest absolute Gasteiger partial charge is 0.481 e. The first kappa shape index (κ1) is 16.2. The smallest absolute Gasteiger partial charge is 0.326 e. The molecule has 114 valence electrons. The minimum Gasteiger partial charge on any atom is -0.481 e. The van der Waals surface area contributed by atoms with Gasteiger partial charge in [-0.05, 0) is 5.56 Å². The van der Waals surface area contributed by atoms with Gasteiger partial charge in [-0.25, -0.2) is 14.6 Å². The highest BCUT2D eigenvalue weighted by atomic mass is 16.5. The van der Waals surface area contributed by atoms with Crippen LogP contribution in [0.3, 0.4) is 0 Å². The van der Waals surface area contributed by atoms with Crippen LogP contribution < -0.4 is 15.4 Å². The molecule has 21 heavy (non-hydrogen) atoms. The van der Waals surface area contributed by atoms with E-state index in [4.69, 9.17) is 14.9 Å². The van der Waals surface area contributed by atoms with E-state index in [1.54, 1.807) is 12.1 Å². The average molecular weight is 297 g/mol. The van der Waals surface area contributed by atoms with Gasteiger partial charge in [0, 0.05) is 18.8 Å². The summed E-state index contributed by atoms with van der Waals surface area (Å²) < 4.78 is 4.88. The molecule has 1 heterocycles. The lowest BCUT2D eigenvalue weighted by molar-refractivity contribution is -0.145. The molecular weight excluding hydrogens is 282 g/mol. The summed E-state index contributed by atoms with van der Waals surface area (Å²) in [5.41, 5.74) is 0.677. The average Bonchev–Trinajstić information content (AvgIpc) is 2.44. The van der Waals surface area contributed by atoms with Crippen LogP contribution in [-0.4, -0.2) is 46.3 Å². The maximum atomic E-state index is 11.5. The van der Waals surface area contributed by atoms with Crippen LogP contribution >= 0.6 is 0 Å². The van der Waals surface area contributed by atoms with Gasteiger partial charge < -0.3 is 25.6 Å². The number of carboxylic acid groups (broad SMARTS) is 2. The number of carbonyl (C=O) groups excluding carboxylic acids is 1. The van der Waals surface area contributed by atoms with E-state index in [1.165, 1.54) is 13.3 Å². The van der Waals surface area contributed by atoms with Crippen molar-refractivity contribution in [2.75, 3.05) is 7.11 Å². The molecule has 2 amide bonds. The van der Waals surface area contributed by atoms with Gasteiger partial charge in [-0.15, -0.1) is 0 Å². The first-order valence-corrected chi connectivity index (χ1v) is 5.90. The zero-order chi connectivity index (χ0) is 15.8. The molecule has 1 rings (SSSR count). The van der Waals surface area contributed by atoms with E-state index in [9.17, 15) is 14.4 Å². The number of carbonyl (C=O) groups is 3. The van der Waals surface area contributed by atoms with Crippen molar-refractivity contribution in [2.24, 2.45) is 0 Å². The Labute approximate surface area is 119 Å². The molecule has 0 fully saturated rings. The second-order valence-corrected chi connectivity index (χ2v) is 4.02. The Kier molecular flexibility index (Phi) is 5.93. The van der Waals surface area contributed by atoms with Gasteiger partial charge in [0.05, 0.1) is 13.5 Å². The van der Waals surface area contributed by atoms with Gasteiger partial charge in [-0.2, -0.15) is 0 Å². The second-order valence-electron chi connectivity index (χ2n) is 4.02. The van der Waals surface area contributed by atoms with Crippen LogP contribution in [0.15, 0.2) is 18.3 Å². The Hall–Kier alpha value is -2.84. The van der Waals surface area contributed by atoms with Crippen LogP contribution in [0.4, 0.5) is 4.79 Å². The molecule has 0 radical (unpaired) electrons. The van der Waals surface area contributed by atoms with Gasteiger partial charge >= 0.3 is 18.0 Å². The standard InChI is InChI=1S/C12H15N3O6/c1-21-9-3-2-7(5-13-9)6-14-12(20)15-8(11(18)19)4-10(16)17/h2-3,5,8H,4,6H2,1H3,(H,16,17)(H,18,19)(H2,14,15,20)/t8-/m0/s1. The number of urea groups is 1. The number of pyridine rings is 1. The Morgan fingerprint density at radius 2 is 2.05 bits per heavy atom. The fraction of sp³-hybridized carbons (Fsp3) is 0.333. The van der Waals surface area contributed by atoms with Crippen molar-refractivity contribution < 1.29 is 29.3 Å². The molecule has 0 unspecified atom stereocenters. The summed E-state index contributed by atoms with van der Waals surface area (Å²) in [5.74, 6) is -2.31. The van der Waals surface area contributed by atoms with Gasteiger partial charge in [-0.1, -0.05) is 6.07 Å². The van der Waals surface area contributed by atoms with E-state index in [0.717, 1.165) is 0 Å². The van der Waals surface area contributed by atoms with Gasteiger partial charge in [0.1, 0.15) is 6.04 Å².